The highest BCUT2D eigenvalue weighted by atomic mass is 32.2. The van der Waals surface area contributed by atoms with Gasteiger partial charge in [0.1, 0.15) is 17.5 Å². The smallest absolute Gasteiger partial charge is 0.256 e. The maximum Gasteiger partial charge on any atom is 0.256 e. The molecule has 2 N–H and O–H groups in total. The van der Waals surface area contributed by atoms with E-state index in [-0.39, 0.29) is 23.1 Å². The van der Waals surface area contributed by atoms with Crippen LogP contribution in [0.25, 0.3) is 0 Å². The number of fused-ring (bicyclic) bond motifs is 3. The van der Waals surface area contributed by atoms with E-state index in [1.54, 1.807) is 23.6 Å². The average molecular weight is 442 g/mol. The standard InChI is InChI=1S/C24H31N3O3S/c1-15(20(28)25-14-13-16-9-5-4-6-10-16)26-21(29)19-24(2,3)31-23-18-12-8-7-11-17(18)22(30)27(19)23/h7-9,11-12,15,19,23H,4-6,10,13-14H2,1-3H3,(H,25,28)(H,26,29)/t15-,19-,23-/m0/s1. The van der Waals surface area contributed by atoms with E-state index in [2.05, 4.69) is 16.7 Å². The van der Waals surface area contributed by atoms with Gasteiger partial charge in [-0.05, 0) is 64.5 Å². The molecule has 166 valence electrons. The number of rotatable bonds is 6. The molecule has 2 heterocycles. The monoisotopic (exact) mass is 441 g/mol. The summed E-state index contributed by atoms with van der Waals surface area (Å²) in [5, 5.41) is 5.62. The lowest BCUT2D eigenvalue weighted by Crippen LogP contribution is -2.56. The van der Waals surface area contributed by atoms with Crippen molar-refractivity contribution in [2.24, 2.45) is 0 Å². The van der Waals surface area contributed by atoms with Gasteiger partial charge in [0.25, 0.3) is 5.91 Å². The van der Waals surface area contributed by atoms with Crippen molar-refractivity contribution >= 4 is 29.5 Å². The zero-order valence-electron chi connectivity index (χ0n) is 18.4. The minimum absolute atomic E-state index is 0.114. The summed E-state index contributed by atoms with van der Waals surface area (Å²) in [6, 6.07) is 6.25. The second kappa shape index (κ2) is 8.69. The fourth-order valence-electron chi connectivity index (χ4n) is 4.79. The van der Waals surface area contributed by atoms with Crippen LogP contribution in [0, 0.1) is 0 Å². The summed E-state index contributed by atoms with van der Waals surface area (Å²) in [6.45, 7) is 6.25. The summed E-state index contributed by atoms with van der Waals surface area (Å²) in [4.78, 5) is 40.5. The molecule has 0 aromatic heterocycles. The Morgan fingerprint density at radius 2 is 2.03 bits per heavy atom. The van der Waals surface area contributed by atoms with E-state index >= 15 is 0 Å². The first-order valence-corrected chi connectivity index (χ1v) is 12.0. The number of allylic oxidation sites excluding steroid dienone is 1. The van der Waals surface area contributed by atoms with Crippen LogP contribution in [0.5, 0.6) is 0 Å². The third-order valence-electron chi connectivity index (χ3n) is 6.43. The van der Waals surface area contributed by atoms with Crippen LogP contribution in [0.4, 0.5) is 0 Å². The predicted octanol–water partition coefficient (Wildman–Crippen LogP) is 3.55. The van der Waals surface area contributed by atoms with Crippen LogP contribution >= 0.6 is 11.8 Å². The Labute approximate surface area is 188 Å². The van der Waals surface area contributed by atoms with E-state index in [1.165, 1.54) is 18.4 Å². The van der Waals surface area contributed by atoms with E-state index in [4.69, 9.17) is 0 Å². The van der Waals surface area contributed by atoms with Crippen molar-refractivity contribution in [2.75, 3.05) is 6.54 Å². The summed E-state index contributed by atoms with van der Waals surface area (Å²) in [5.74, 6) is -0.587. The highest BCUT2D eigenvalue weighted by molar-refractivity contribution is 8.01. The first-order valence-electron chi connectivity index (χ1n) is 11.1. The molecular formula is C24H31N3O3S. The highest BCUT2D eigenvalue weighted by Gasteiger charge is 2.57. The Kier molecular flexibility index (Phi) is 6.15. The maximum absolute atomic E-state index is 13.2. The second-order valence-corrected chi connectivity index (χ2v) is 10.9. The van der Waals surface area contributed by atoms with Crippen molar-refractivity contribution in [3.05, 3.63) is 47.0 Å². The molecule has 4 rings (SSSR count). The molecular weight excluding hydrogens is 410 g/mol. The highest BCUT2D eigenvalue weighted by Crippen LogP contribution is 2.56. The second-order valence-electron chi connectivity index (χ2n) is 9.16. The van der Waals surface area contributed by atoms with Gasteiger partial charge in [0.15, 0.2) is 0 Å². The Morgan fingerprint density at radius 1 is 1.26 bits per heavy atom. The van der Waals surface area contributed by atoms with Gasteiger partial charge in [-0.3, -0.25) is 14.4 Å². The van der Waals surface area contributed by atoms with Crippen molar-refractivity contribution < 1.29 is 14.4 Å². The summed E-state index contributed by atoms with van der Waals surface area (Å²) in [5.41, 5.74) is 3.03. The lowest BCUT2D eigenvalue weighted by atomic mass is 9.97. The van der Waals surface area contributed by atoms with Crippen molar-refractivity contribution in [3.8, 4) is 0 Å². The van der Waals surface area contributed by atoms with Crippen molar-refractivity contribution in [1.29, 1.82) is 0 Å². The Morgan fingerprint density at radius 3 is 2.77 bits per heavy atom. The molecule has 3 amide bonds. The zero-order valence-corrected chi connectivity index (χ0v) is 19.3. The SMILES string of the molecule is C[C@H](NC(=O)[C@@H]1N2C(=O)c3ccccc3[C@@H]2SC1(C)C)C(=O)NCCC1=CCCCC1. The zero-order chi connectivity index (χ0) is 22.2. The molecule has 1 aromatic carbocycles. The number of amides is 3. The van der Waals surface area contributed by atoms with Gasteiger partial charge in [0.05, 0.1) is 0 Å². The van der Waals surface area contributed by atoms with E-state index in [0.717, 1.165) is 24.8 Å². The number of nitrogens with one attached hydrogen (secondary N) is 2. The number of nitrogens with zero attached hydrogens (tertiary/aromatic N) is 1. The van der Waals surface area contributed by atoms with E-state index < -0.39 is 16.8 Å². The molecule has 0 saturated carbocycles. The van der Waals surface area contributed by atoms with Crippen LogP contribution in [0.15, 0.2) is 35.9 Å². The number of hydrogen-bond donors (Lipinski definition) is 2. The van der Waals surface area contributed by atoms with Crippen LogP contribution in [0.1, 0.15) is 74.2 Å². The average Bonchev–Trinajstić information content (AvgIpc) is 3.18. The molecule has 0 spiro atoms. The van der Waals surface area contributed by atoms with Gasteiger partial charge in [-0.1, -0.05) is 29.8 Å². The molecule has 1 fully saturated rings. The van der Waals surface area contributed by atoms with Gasteiger partial charge in [0, 0.05) is 16.9 Å². The third-order valence-corrected chi connectivity index (χ3v) is 7.96. The van der Waals surface area contributed by atoms with Crippen LogP contribution < -0.4 is 10.6 Å². The fraction of sp³-hybridized carbons (Fsp3) is 0.542. The van der Waals surface area contributed by atoms with Gasteiger partial charge in [-0.2, -0.15) is 0 Å². The van der Waals surface area contributed by atoms with E-state index in [9.17, 15) is 14.4 Å². The molecule has 2 aliphatic heterocycles. The molecule has 0 unspecified atom stereocenters. The van der Waals surface area contributed by atoms with Gasteiger partial charge in [-0.15, -0.1) is 11.8 Å². The van der Waals surface area contributed by atoms with Crippen LogP contribution in [-0.2, 0) is 9.59 Å². The molecule has 7 heteroatoms. The Hall–Kier alpha value is -2.28. The summed E-state index contributed by atoms with van der Waals surface area (Å²) in [6.07, 6.45) is 7.86. The molecule has 0 bridgehead atoms. The Bertz CT molecular complexity index is 926. The predicted molar refractivity (Wildman–Crippen MR) is 123 cm³/mol. The summed E-state index contributed by atoms with van der Waals surface area (Å²) >= 11 is 1.62. The first kappa shape index (κ1) is 21.9. The lowest BCUT2D eigenvalue weighted by Gasteiger charge is -2.30. The maximum atomic E-state index is 13.2. The van der Waals surface area contributed by atoms with Crippen molar-refractivity contribution in [1.82, 2.24) is 15.5 Å². The van der Waals surface area contributed by atoms with Gasteiger partial charge < -0.3 is 15.5 Å². The number of hydrogen-bond acceptors (Lipinski definition) is 4. The quantitative estimate of drug-likeness (QED) is 0.662. The fourth-order valence-corrected chi connectivity index (χ4v) is 6.38. The van der Waals surface area contributed by atoms with Gasteiger partial charge >= 0.3 is 0 Å². The summed E-state index contributed by atoms with van der Waals surface area (Å²) in [7, 11) is 0. The number of carbonyl (C=O) groups excluding carboxylic acids is 3. The molecule has 0 radical (unpaired) electrons. The number of carbonyl (C=O) groups is 3. The molecule has 3 atom stereocenters. The van der Waals surface area contributed by atoms with Crippen LogP contribution in [-0.4, -0.2) is 46.0 Å². The molecule has 3 aliphatic rings. The topological polar surface area (TPSA) is 78.5 Å². The van der Waals surface area contributed by atoms with Crippen LogP contribution in [0.3, 0.4) is 0 Å². The Balaban J connectivity index is 1.38. The number of benzene rings is 1. The van der Waals surface area contributed by atoms with Gasteiger partial charge in [-0.25, -0.2) is 0 Å². The number of thioether (sulfide) groups is 1. The van der Waals surface area contributed by atoms with E-state index in [0.29, 0.717) is 12.1 Å². The summed E-state index contributed by atoms with van der Waals surface area (Å²) < 4.78 is -0.457. The van der Waals surface area contributed by atoms with Crippen LogP contribution in [0.2, 0.25) is 0 Å². The first-order chi connectivity index (χ1) is 14.8. The molecule has 1 aromatic rings. The van der Waals surface area contributed by atoms with E-state index in [1.807, 2.05) is 38.1 Å². The van der Waals surface area contributed by atoms with Gasteiger partial charge in [0.2, 0.25) is 11.8 Å². The minimum atomic E-state index is -0.659. The largest absolute Gasteiger partial charge is 0.354 e. The van der Waals surface area contributed by atoms with Crippen molar-refractivity contribution in [2.45, 2.75) is 75.1 Å². The van der Waals surface area contributed by atoms with Crippen molar-refractivity contribution in [3.63, 3.8) is 0 Å². The molecule has 1 aliphatic carbocycles. The molecule has 31 heavy (non-hydrogen) atoms. The molecule has 6 nitrogen and oxygen atoms in total. The minimum Gasteiger partial charge on any atom is -0.354 e. The molecule has 1 saturated heterocycles. The third kappa shape index (κ3) is 4.25. The lowest BCUT2D eigenvalue weighted by molar-refractivity contribution is -0.131. The normalized spacial score (nSPS) is 24.8.